The predicted octanol–water partition coefficient (Wildman–Crippen LogP) is 6.22. The van der Waals surface area contributed by atoms with Crippen LogP contribution >= 0.6 is 0 Å². The Labute approximate surface area is 161 Å². The van der Waals surface area contributed by atoms with Gasteiger partial charge >= 0.3 is 6.11 Å². The molecule has 148 valence electrons. The molecule has 0 radical (unpaired) electrons. The summed E-state index contributed by atoms with van der Waals surface area (Å²) in [6.45, 7) is 1.81. The number of nitrogens with zero attached hydrogens (tertiary/aromatic N) is 1. The van der Waals surface area contributed by atoms with Crippen molar-refractivity contribution in [2.24, 2.45) is 0 Å². The highest BCUT2D eigenvalue weighted by atomic mass is 19.3. The second kappa shape index (κ2) is 7.51. The first-order valence-corrected chi connectivity index (χ1v) is 8.15. The number of nitriles is 1. The average molecular weight is 407 g/mol. The summed E-state index contributed by atoms with van der Waals surface area (Å²) in [5, 5.41) is 8.59. The highest BCUT2D eigenvalue weighted by Crippen LogP contribution is 2.37. The van der Waals surface area contributed by atoms with Crippen molar-refractivity contribution in [3.63, 3.8) is 0 Å². The minimum atomic E-state index is -4.58. The molecule has 29 heavy (non-hydrogen) atoms. The van der Waals surface area contributed by atoms with Crippen LogP contribution in [0.4, 0.5) is 26.3 Å². The summed E-state index contributed by atoms with van der Waals surface area (Å²) in [4.78, 5) is 0. The van der Waals surface area contributed by atoms with E-state index >= 15 is 0 Å². The van der Waals surface area contributed by atoms with Crippen molar-refractivity contribution in [3.8, 4) is 22.9 Å². The molecule has 0 heterocycles. The molecule has 3 aromatic rings. The number of alkyl halides is 2. The van der Waals surface area contributed by atoms with Gasteiger partial charge in [-0.15, -0.1) is 0 Å². The van der Waals surface area contributed by atoms with Crippen molar-refractivity contribution in [1.29, 1.82) is 5.26 Å². The van der Waals surface area contributed by atoms with Crippen LogP contribution in [-0.4, -0.2) is 0 Å². The third-order valence-corrected chi connectivity index (χ3v) is 4.09. The van der Waals surface area contributed by atoms with E-state index in [2.05, 4.69) is 4.74 Å². The van der Waals surface area contributed by atoms with Gasteiger partial charge in [0.1, 0.15) is 46.2 Å². The lowest BCUT2D eigenvalue weighted by Gasteiger charge is -2.20. The van der Waals surface area contributed by atoms with Gasteiger partial charge in [0.05, 0.1) is 0 Å². The van der Waals surface area contributed by atoms with Crippen LogP contribution in [0, 0.1) is 41.5 Å². The molecular weight excluding hydrogens is 396 g/mol. The first-order chi connectivity index (χ1) is 13.6. The van der Waals surface area contributed by atoms with Crippen molar-refractivity contribution in [1.82, 2.24) is 0 Å². The van der Waals surface area contributed by atoms with E-state index in [0.29, 0.717) is 29.8 Å². The lowest BCUT2D eigenvalue weighted by molar-refractivity contribution is -0.189. The summed E-state index contributed by atoms with van der Waals surface area (Å²) in [6.07, 6.45) is -4.58. The van der Waals surface area contributed by atoms with Gasteiger partial charge in [-0.05, 0) is 30.2 Å². The molecule has 0 N–H and O–H groups in total. The second-order valence-corrected chi connectivity index (χ2v) is 6.17. The summed E-state index contributed by atoms with van der Waals surface area (Å²) in [7, 11) is 0. The maximum Gasteiger partial charge on any atom is 0.432 e. The van der Waals surface area contributed by atoms with E-state index in [4.69, 9.17) is 5.26 Å². The van der Waals surface area contributed by atoms with Crippen LogP contribution in [-0.2, 0) is 6.11 Å². The quantitative estimate of drug-likeness (QED) is 0.481. The van der Waals surface area contributed by atoms with E-state index < -0.39 is 46.3 Å². The molecule has 0 aliphatic heterocycles. The van der Waals surface area contributed by atoms with Gasteiger partial charge in [0.15, 0.2) is 0 Å². The molecule has 0 unspecified atom stereocenters. The maximum absolute atomic E-state index is 14.4. The number of ether oxygens (including phenoxy) is 1. The Hall–Kier alpha value is -3.47. The SMILES string of the molecule is Cc1ccc(-c2cc(F)c(C(F)(F)Oc3cc(F)c(C#N)c(F)c3)c(F)c2)cc1. The van der Waals surface area contributed by atoms with E-state index in [0.717, 1.165) is 5.56 Å². The summed E-state index contributed by atoms with van der Waals surface area (Å²) >= 11 is 0. The van der Waals surface area contributed by atoms with Gasteiger partial charge in [-0.25, -0.2) is 17.6 Å². The monoisotopic (exact) mass is 407 g/mol. The maximum atomic E-state index is 14.4. The van der Waals surface area contributed by atoms with Crippen molar-refractivity contribution in [2.45, 2.75) is 13.0 Å². The van der Waals surface area contributed by atoms with Gasteiger partial charge in [-0.3, -0.25) is 0 Å². The number of aryl methyl sites for hydroxylation is 1. The lowest BCUT2D eigenvalue weighted by atomic mass is 10.0. The van der Waals surface area contributed by atoms with E-state index in [-0.39, 0.29) is 5.56 Å². The van der Waals surface area contributed by atoms with Crippen LogP contribution < -0.4 is 4.74 Å². The fraction of sp³-hybridized carbons (Fsp3) is 0.0952. The van der Waals surface area contributed by atoms with Gasteiger partial charge < -0.3 is 4.74 Å². The Morgan fingerprint density at radius 1 is 0.793 bits per heavy atom. The zero-order chi connectivity index (χ0) is 21.3. The smallest absolute Gasteiger partial charge is 0.429 e. The molecule has 0 fully saturated rings. The third kappa shape index (κ3) is 4.04. The minimum Gasteiger partial charge on any atom is -0.429 e. The Morgan fingerprint density at radius 3 is 1.79 bits per heavy atom. The summed E-state index contributed by atoms with van der Waals surface area (Å²) in [6, 6.07) is 9.79. The zero-order valence-corrected chi connectivity index (χ0v) is 14.7. The molecular formula is C21H11F6NO. The Morgan fingerprint density at radius 2 is 1.31 bits per heavy atom. The molecule has 3 rings (SSSR count). The van der Waals surface area contributed by atoms with Gasteiger partial charge in [-0.1, -0.05) is 29.8 Å². The molecule has 2 nitrogen and oxygen atoms in total. The Bertz CT molecular complexity index is 1070. The van der Waals surface area contributed by atoms with Gasteiger partial charge in [0.25, 0.3) is 0 Å². The fourth-order valence-corrected chi connectivity index (χ4v) is 2.68. The van der Waals surface area contributed by atoms with E-state index in [1.54, 1.807) is 31.2 Å². The second-order valence-electron chi connectivity index (χ2n) is 6.17. The highest BCUT2D eigenvalue weighted by molar-refractivity contribution is 5.64. The summed E-state index contributed by atoms with van der Waals surface area (Å²) in [5.74, 6) is -7.13. The summed E-state index contributed by atoms with van der Waals surface area (Å²) < 4.78 is 88.8. The normalized spacial score (nSPS) is 11.2. The molecule has 0 bridgehead atoms. The molecule has 0 aromatic heterocycles. The molecule has 0 atom stereocenters. The van der Waals surface area contributed by atoms with Crippen LogP contribution in [0.5, 0.6) is 5.75 Å². The number of hydrogen-bond donors (Lipinski definition) is 0. The molecule has 0 saturated heterocycles. The van der Waals surface area contributed by atoms with Crippen LogP contribution in [0.3, 0.4) is 0 Å². The predicted molar refractivity (Wildman–Crippen MR) is 92.1 cm³/mol. The number of hydrogen-bond acceptors (Lipinski definition) is 2. The largest absolute Gasteiger partial charge is 0.432 e. The molecule has 0 aliphatic carbocycles. The molecule has 0 aliphatic rings. The number of halogens is 6. The van der Waals surface area contributed by atoms with Crippen LogP contribution in [0.15, 0.2) is 48.5 Å². The third-order valence-electron chi connectivity index (χ3n) is 4.09. The molecule has 0 saturated carbocycles. The van der Waals surface area contributed by atoms with Crippen LogP contribution in [0.2, 0.25) is 0 Å². The van der Waals surface area contributed by atoms with Gasteiger partial charge in [-0.2, -0.15) is 14.0 Å². The molecule has 0 spiro atoms. The standard InChI is InChI=1S/C21H11F6NO/c1-11-2-4-12(5-3-11)13-6-18(24)20(19(25)7-13)21(26,27)29-14-8-16(22)15(10-28)17(23)9-14/h2-9H,1H3. The minimum absolute atomic E-state index is 0.0232. The van der Waals surface area contributed by atoms with Gasteiger partial charge in [0.2, 0.25) is 0 Å². The van der Waals surface area contributed by atoms with Crippen molar-refractivity contribution < 1.29 is 31.1 Å². The first-order valence-electron chi connectivity index (χ1n) is 8.15. The van der Waals surface area contributed by atoms with E-state index in [1.807, 2.05) is 0 Å². The molecule has 0 amide bonds. The van der Waals surface area contributed by atoms with E-state index in [9.17, 15) is 26.3 Å². The lowest BCUT2D eigenvalue weighted by Crippen LogP contribution is -2.25. The topological polar surface area (TPSA) is 33.0 Å². The molecule has 8 heteroatoms. The van der Waals surface area contributed by atoms with Crippen LogP contribution in [0.25, 0.3) is 11.1 Å². The number of benzene rings is 3. The first kappa shape index (κ1) is 20.3. The van der Waals surface area contributed by atoms with Crippen molar-refractivity contribution in [2.75, 3.05) is 0 Å². The zero-order valence-electron chi connectivity index (χ0n) is 14.7. The molecule has 3 aromatic carbocycles. The van der Waals surface area contributed by atoms with Crippen molar-refractivity contribution >= 4 is 0 Å². The van der Waals surface area contributed by atoms with E-state index in [1.165, 1.54) is 6.07 Å². The average Bonchev–Trinajstić information content (AvgIpc) is 2.60. The number of rotatable bonds is 4. The highest BCUT2D eigenvalue weighted by Gasteiger charge is 2.41. The van der Waals surface area contributed by atoms with Gasteiger partial charge in [0, 0.05) is 12.1 Å². The Balaban J connectivity index is 1.99. The summed E-state index contributed by atoms with van der Waals surface area (Å²) in [5.41, 5.74) is -1.39. The van der Waals surface area contributed by atoms with Crippen LogP contribution in [0.1, 0.15) is 16.7 Å². The fourth-order valence-electron chi connectivity index (χ4n) is 2.68. The Kier molecular flexibility index (Phi) is 5.25. The van der Waals surface area contributed by atoms with Crippen molar-refractivity contribution in [3.05, 3.63) is 88.5 Å².